The van der Waals surface area contributed by atoms with E-state index >= 15 is 0 Å². The Balaban J connectivity index is 2.37. The average molecular weight is 313 g/mol. The summed E-state index contributed by atoms with van der Waals surface area (Å²) in [6, 6.07) is 1.02. The smallest absolute Gasteiger partial charge is 0.341 e. The molecular weight excluding hydrogens is 306 g/mol. The van der Waals surface area contributed by atoms with Crippen LogP contribution >= 0.6 is 10.7 Å². The minimum atomic E-state index is -4.29. The van der Waals surface area contributed by atoms with E-state index in [1.165, 1.54) is 0 Å². The van der Waals surface area contributed by atoms with Crippen molar-refractivity contribution >= 4 is 25.7 Å². The van der Waals surface area contributed by atoms with Crippen LogP contribution in [-0.2, 0) is 18.5 Å². The van der Waals surface area contributed by atoms with E-state index in [9.17, 15) is 22.0 Å². The maximum absolute atomic E-state index is 13.4. The van der Waals surface area contributed by atoms with Gasteiger partial charge in [0.2, 0.25) is 0 Å². The fourth-order valence-electron chi connectivity index (χ4n) is 1.35. The number of hydrogen-bond donors (Lipinski definition) is 0. The molecule has 0 radical (unpaired) electrons. The highest BCUT2D eigenvalue weighted by atomic mass is 35.7. The number of hydrogen-bond acceptors (Lipinski definition) is 5. The van der Waals surface area contributed by atoms with Gasteiger partial charge in [0.05, 0.1) is 23.7 Å². The Morgan fingerprint density at radius 3 is 2.47 bits per heavy atom. The van der Waals surface area contributed by atoms with Gasteiger partial charge in [0.15, 0.2) is 11.6 Å². The van der Waals surface area contributed by atoms with Crippen molar-refractivity contribution in [2.24, 2.45) is 0 Å². The number of carbonyl (C=O) groups is 1. The summed E-state index contributed by atoms with van der Waals surface area (Å²) in [6.07, 6.45) is -0.550. The van der Waals surface area contributed by atoms with Gasteiger partial charge in [-0.1, -0.05) is 0 Å². The molecule has 1 aliphatic heterocycles. The van der Waals surface area contributed by atoms with Gasteiger partial charge in [0.25, 0.3) is 9.05 Å². The van der Waals surface area contributed by atoms with Crippen molar-refractivity contribution in [2.45, 2.75) is 11.0 Å². The van der Waals surface area contributed by atoms with Crippen molar-refractivity contribution in [2.75, 3.05) is 13.2 Å². The largest absolute Gasteiger partial charge is 0.454 e. The van der Waals surface area contributed by atoms with Crippen LogP contribution in [0.3, 0.4) is 0 Å². The van der Waals surface area contributed by atoms with E-state index < -0.39 is 43.2 Å². The van der Waals surface area contributed by atoms with Crippen LogP contribution in [-0.4, -0.2) is 33.7 Å². The van der Waals surface area contributed by atoms with Crippen LogP contribution in [0.4, 0.5) is 8.78 Å². The Morgan fingerprint density at radius 2 is 2.00 bits per heavy atom. The van der Waals surface area contributed by atoms with E-state index in [4.69, 9.17) is 20.2 Å². The van der Waals surface area contributed by atoms with Crippen LogP contribution in [0.1, 0.15) is 10.4 Å². The van der Waals surface area contributed by atoms with Crippen LogP contribution in [0.15, 0.2) is 17.0 Å². The summed E-state index contributed by atoms with van der Waals surface area (Å²) >= 11 is 0. The first-order chi connectivity index (χ1) is 8.79. The Labute approximate surface area is 111 Å². The second kappa shape index (κ2) is 5.03. The predicted octanol–water partition coefficient (Wildman–Crippen LogP) is 1.45. The maximum atomic E-state index is 13.4. The first-order valence-electron chi connectivity index (χ1n) is 5.01. The highest BCUT2D eigenvalue weighted by Crippen LogP contribution is 2.23. The summed E-state index contributed by atoms with van der Waals surface area (Å²) in [5.41, 5.74) is -0.828. The summed E-state index contributed by atoms with van der Waals surface area (Å²) in [7, 11) is 0.730. The third kappa shape index (κ3) is 3.02. The molecule has 5 nitrogen and oxygen atoms in total. The molecule has 0 amide bonds. The Bertz CT molecular complexity index is 627. The molecule has 1 heterocycles. The lowest BCUT2D eigenvalue weighted by molar-refractivity contribution is -0.103. The standard InChI is InChI=1S/C10H7ClF2O5S/c11-19(15,16)6-1-7(9(13)8(12)2-6)10(14)18-5-3-17-4-5/h1-2,5H,3-4H2. The van der Waals surface area contributed by atoms with Crippen molar-refractivity contribution in [3.8, 4) is 0 Å². The minimum absolute atomic E-state index is 0.156. The zero-order valence-corrected chi connectivity index (χ0v) is 10.8. The molecule has 0 aromatic heterocycles. The van der Waals surface area contributed by atoms with Crippen LogP contribution < -0.4 is 0 Å². The first kappa shape index (κ1) is 14.2. The Hall–Kier alpha value is -1.25. The summed E-state index contributed by atoms with van der Waals surface area (Å²) in [5, 5.41) is 0. The molecule has 19 heavy (non-hydrogen) atoms. The third-order valence-corrected chi connectivity index (χ3v) is 3.72. The van der Waals surface area contributed by atoms with Crippen LogP contribution in [0.25, 0.3) is 0 Å². The summed E-state index contributed by atoms with van der Waals surface area (Å²) in [6.45, 7) is 0.312. The Morgan fingerprint density at radius 1 is 1.37 bits per heavy atom. The van der Waals surface area contributed by atoms with E-state index in [1.54, 1.807) is 0 Å². The molecule has 2 rings (SSSR count). The molecule has 0 aliphatic carbocycles. The van der Waals surface area contributed by atoms with Crippen molar-refractivity contribution in [3.05, 3.63) is 29.3 Å². The Kier molecular flexibility index (Phi) is 3.75. The van der Waals surface area contributed by atoms with Crippen molar-refractivity contribution in [3.63, 3.8) is 0 Å². The van der Waals surface area contributed by atoms with E-state index in [2.05, 4.69) is 0 Å². The topological polar surface area (TPSA) is 69.7 Å². The highest BCUT2D eigenvalue weighted by Gasteiger charge is 2.27. The molecule has 1 aliphatic rings. The van der Waals surface area contributed by atoms with Gasteiger partial charge < -0.3 is 9.47 Å². The lowest BCUT2D eigenvalue weighted by Crippen LogP contribution is -2.38. The van der Waals surface area contributed by atoms with Crippen LogP contribution in [0.2, 0.25) is 0 Å². The van der Waals surface area contributed by atoms with Gasteiger partial charge in [-0.15, -0.1) is 0 Å². The van der Waals surface area contributed by atoms with Crippen molar-refractivity contribution in [1.29, 1.82) is 0 Å². The molecule has 1 fully saturated rings. The molecule has 0 spiro atoms. The third-order valence-electron chi connectivity index (χ3n) is 2.38. The molecule has 0 unspecified atom stereocenters. The monoisotopic (exact) mass is 312 g/mol. The minimum Gasteiger partial charge on any atom is -0.454 e. The number of carbonyl (C=O) groups excluding carboxylic acids is 1. The van der Waals surface area contributed by atoms with Gasteiger partial charge in [0.1, 0.15) is 6.10 Å². The number of esters is 1. The van der Waals surface area contributed by atoms with Gasteiger partial charge >= 0.3 is 5.97 Å². The second-order valence-corrected chi connectivity index (χ2v) is 6.34. The zero-order chi connectivity index (χ0) is 14.2. The first-order valence-corrected chi connectivity index (χ1v) is 7.32. The van der Waals surface area contributed by atoms with Gasteiger partial charge in [-0.25, -0.2) is 22.0 Å². The molecule has 0 atom stereocenters. The molecule has 0 bridgehead atoms. The van der Waals surface area contributed by atoms with E-state index in [1.807, 2.05) is 0 Å². The van der Waals surface area contributed by atoms with E-state index in [-0.39, 0.29) is 13.2 Å². The second-order valence-electron chi connectivity index (χ2n) is 3.77. The lowest BCUT2D eigenvalue weighted by atomic mass is 10.2. The fraction of sp³-hybridized carbons (Fsp3) is 0.300. The van der Waals surface area contributed by atoms with Crippen molar-refractivity contribution in [1.82, 2.24) is 0 Å². The summed E-state index contributed by atoms with van der Waals surface area (Å²) in [5.74, 6) is -4.17. The zero-order valence-electron chi connectivity index (χ0n) is 9.23. The highest BCUT2D eigenvalue weighted by molar-refractivity contribution is 8.13. The summed E-state index contributed by atoms with van der Waals surface area (Å²) < 4.78 is 58.3. The van der Waals surface area contributed by atoms with Crippen LogP contribution in [0, 0.1) is 11.6 Å². The normalized spacial score (nSPS) is 15.9. The summed E-state index contributed by atoms with van der Waals surface area (Å²) in [4.78, 5) is 10.9. The van der Waals surface area contributed by atoms with Gasteiger partial charge in [-0.2, -0.15) is 0 Å². The molecule has 0 N–H and O–H groups in total. The number of halogens is 3. The van der Waals surface area contributed by atoms with Gasteiger partial charge in [-0.05, 0) is 12.1 Å². The SMILES string of the molecule is O=C(OC1COC1)c1cc(S(=O)(=O)Cl)cc(F)c1F. The molecule has 1 aromatic carbocycles. The molecule has 104 valence electrons. The average Bonchev–Trinajstić information content (AvgIpc) is 2.25. The van der Waals surface area contributed by atoms with Gasteiger partial charge in [-0.3, -0.25) is 0 Å². The molecule has 1 aromatic rings. The molecular formula is C10H7ClF2O5S. The molecule has 0 saturated carbocycles. The van der Waals surface area contributed by atoms with Crippen LogP contribution in [0.5, 0.6) is 0 Å². The van der Waals surface area contributed by atoms with Gasteiger partial charge in [0, 0.05) is 10.7 Å². The number of ether oxygens (including phenoxy) is 2. The number of rotatable bonds is 3. The lowest BCUT2D eigenvalue weighted by Gasteiger charge is -2.25. The molecule has 1 saturated heterocycles. The van der Waals surface area contributed by atoms with Crippen molar-refractivity contribution < 1.29 is 31.5 Å². The maximum Gasteiger partial charge on any atom is 0.341 e. The fourth-order valence-corrected chi connectivity index (χ4v) is 2.12. The predicted molar refractivity (Wildman–Crippen MR) is 59.4 cm³/mol. The van der Waals surface area contributed by atoms with E-state index in [0.717, 1.165) is 0 Å². The number of benzene rings is 1. The molecule has 9 heteroatoms. The quantitative estimate of drug-likeness (QED) is 0.624. The van der Waals surface area contributed by atoms with E-state index in [0.29, 0.717) is 12.1 Å².